The maximum absolute atomic E-state index is 11.4. The average molecular weight is 246 g/mol. The summed E-state index contributed by atoms with van der Waals surface area (Å²) in [5.74, 6) is -0.670. The molecule has 0 atom stereocenters. The molecule has 1 aliphatic rings. The van der Waals surface area contributed by atoms with Crippen molar-refractivity contribution in [1.82, 2.24) is 0 Å². The van der Waals surface area contributed by atoms with E-state index in [0.717, 1.165) is 31.2 Å². The topological polar surface area (TPSA) is 37.3 Å². The Labute approximate surface area is 109 Å². The van der Waals surface area contributed by atoms with Gasteiger partial charge in [0.1, 0.15) is 0 Å². The van der Waals surface area contributed by atoms with Gasteiger partial charge in [-0.3, -0.25) is 4.79 Å². The Bertz CT molecular complexity index is 439. The third-order valence-electron chi connectivity index (χ3n) is 4.72. The lowest BCUT2D eigenvalue weighted by molar-refractivity contribution is -0.147. The molecule has 2 nitrogen and oxygen atoms in total. The predicted molar refractivity (Wildman–Crippen MR) is 72.9 cm³/mol. The Hall–Kier alpha value is -1.31. The SMILES string of the molecule is CCC(C)(C)c1ccc(C2(C(=O)O)CCC2)cc1. The van der Waals surface area contributed by atoms with Crippen molar-refractivity contribution in [2.24, 2.45) is 0 Å². The Morgan fingerprint density at radius 3 is 2.17 bits per heavy atom. The highest BCUT2D eigenvalue weighted by molar-refractivity contribution is 5.82. The van der Waals surface area contributed by atoms with Gasteiger partial charge in [-0.25, -0.2) is 0 Å². The zero-order valence-electron chi connectivity index (χ0n) is 11.5. The Morgan fingerprint density at radius 2 is 1.83 bits per heavy atom. The zero-order chi connectivity index (χ0) is 13.4. The van der Waals surface area contributed by atoms with Crippen molar-refractivity contribution < 1.29 is 9.90 Å². The summed E-state index contributed by atoms with van der Waals surface area (Å²) in [6.45, 7) is 6.62. The first-order valence-electron chi connectivity index (χ1n) is 6.77. The highest BCUT2D eigenvalue weighted by atomic mass is 16.4. The van der Waals surface area contributed by atoms with E-state index in [1.807, 2.05) is 12.1 Å². The summed E-state index contributed by atoms with van der Waals surface area (Å²) in [7, 11) is 0. The third kappa shape index (κ3) is 1.94. The second-order valence-corrected chi connectivity index (χ2v) is 6.06. The van der Waals surface area contributed by atoms with Gasteiger partial charge >= 0.3 is 5.97 Å². The second kappa shape index (κ2) is 4.42. The van der Waals surface area contributed by atoms with Gasteiger partial charge < -0.3 is 5.11 Å². The summed E-state index contributed by atoms with van der Waals surface area (Å²) in [6.07, 6.45) is 3.66. The van der Waals surface area contributed by atoms with Crippen LogP contribution in [0.5, 0.6) is 0 Å². The number of hydrogen-bond acceptors (Lipinski definition) is 1. The molecule has 0 aliphatic heterocycles. The number of hydrogen-bond donors (Lipinski definition) is 1. The molecule has 0 aromatic heterocycles. The van der Waals surface area contributed by atoms with E-state index in [0.29, 0.717) is 0 Å². The molecule has 2 heteroatoms. The van der Waals surface area contributed by atoms with Gasteiger partial charge in [0, 0.05) is 0 Å². The normalized spacial score (nSPS) is 18.2. The molecule has 0 bridgehead atoms. The molecule has 0 amide bonds. The number of carboxylic acid groups (broad SMARTS) is 1. The Kier molecular flexibility index (Phi) is 3.22. The zero-order valence-corrected chi connectivity index (χ0v) is 11.5. The molecular weight excluding hydrogens is 224 g/mol. The summed E-state index contributed by atoms with van der Waals surface area (Å²) in [5, 5.41) is 9.41. The van der Waals surface area contributed by atoms with E-state index in [4.69, 9.17) is 0 Å². The Morgan fingerprint density at radius 1 is 1.28 bits per heavy atom. The van der Waals surface area contributed by atoms with Gasteiger partial charge in [-0.2, -0.15) is 0 Å². The summed E-state index contributed by atoms with van der Waals surface area (Å²) < 4.78 is 0. The van der Waals surface area contributed by atoms with Gasteiger partial charge in [-0.1, -0.05) is 51.5 Å². The molecule has 0 radical (unpaired) electrons. The van der Waals surface area contributed by atoms with Crippen LogP contribution in [0.1, 0.15) is 57.6 Å². The molecule has 1 N–H and O–H groups in total. The first kappa shape index (κ1) is 13.1. The molecule has 18 heavy (non-hydrogen) atoms. The predicted octanol–water partition coefficient (Wildman–Crippen LogP) is 3.88. The van der Waals surface area contributed by atoms with E-state index in [1.54, 1.807) is 0 Å². The number of carboxylic acids is 1. The fraction of sp³-hybridized carbons (Fsp3) is 0.562. The van der Waals surface area contributed by atoms with Crippen molar-refractivity contribution in [3.05, 3.63) is 35.4 Å². The van der Waals surface area contributed by atoms with Crippen LogP contribution in [0.3, 0.4) is 0 Å². The van der Waals surface area contributed by atoms with Crippen molar-refractivity contribution in [3.8, 4) is 0 Å². The molecule has 1 aliphatic carbocycles. The Balaban J connectivity index is 2.31. The smallest absolute Gasteiger partial charge is 0.314 e. The van der Waals surface area contributed by atoms with Gasteiger partial charge in [-0.15, -0.1) is 0 Å². The number of benzene rings is 1. The van der Waals surface area contributed by atoms with Crippen LogP contribution < -0.4 is 0 Å². The molecular formula is C16H22O2. The van der Waals surface area contributed by atoms with E-state index in [9.17, 15) is 9.90 Å². The molecule has 0 heterocycles. The van der Waals surface area contributed by atoms with Gasteiger partial charge in [-0.05, 0) is 35.8 Å². The molecule has 1 saturated carbocycles. The molecule has 0 unspecified atom stereocenters. The number of carbonyl (C=O) groups is 1. The first-order valence-corrected chi connectivity index (χ1v) is 6.77. The summed E-state index contributed by atoms with van der Waals surface area (Å²) in [5.41, 5.74) is 1.81. The van der Waals surface area contributed by atoms with Crippen molar-refractivity contribution in [2.45, 2.75) is 57.3 Å². The van der Waals surface area contributed by atoms with Crippen LogP contribution in [0.15, 0.2) is 24.3 Å². The van der Waals surface area contributed by atoms with Crippen LogP contribution in [0.2, 0.25) is 0 Å². The molecule has 2 rings (SSSR count). The van der Waals surface area contributed by atoms with Gasteiger partial charge in [0.05, 0.1) is 5.41 Å². The lowest BCUT2D eigenvalue weighted by Crippen LogP contribution is -2.42. The quantitative estimate of drug-likeness (QED) is 0.875. The molecule has 1 fully saturated rings. The molecule has 98 valence electrons. The van der Waals surface area contributed by atoms with Crippen LogP contribution in [0.4, 0.5) is 0 Å². The van der Waals surface area contributed by atoms with Crippen molar-refractivity contribution in [2.75, 3.05) is 0 Å². The minimum atomic E-state index is -0.670. The molecule has 0 saturated heterocycles. The first-order chi connectivity index (χ1) is 8.42. The fourth-order valence-corrected chi connectivity index (χ4v) is 2.60. The fourth-order valence-electron chi connectivity index (χ4n) is 2.60. The van der Waals surface area contributed by atoms with Crippen LogP contribution >= 0.6 is 0 Å². The highest BCUT2D eigenvalue weighted by Gasteiger charge is 2.45. The monoisotopic (exact) mass is 246 g/mol. The van der Waals surface area contributed by atoms with E-state index >= 15 is 0 Å². The van der Waals surface area contributed by atoms with E-state index in [2.05, 4.69) is 32.9 Å². The molecule has 1 aromatic carbocycles. The summed E-state index contributed by atoms with van der Waals surface area (Å²) >= 11 is 0. The molecule has 1 aromatic rings. The van der Waals surface area contributed by atoms with E-state index < -0.39 is 11.4 Å². The average Bonchev–Trinajstić information content (AvgIpc) is 2.28. The van der Waals surface area contributed by atoms with Crippen LogP contribution in [-0.2, 0) is 15.6 Å². The number of rotatable bonds is 4. The van der Waals surface area contributed by atoms with Crippen molar-refractivity contribution in [1.29, 1.82) is 0 Å². The number of aliphatic carboxylic acids is 1. The van der Waals surface area contributed by atoms with E-state index in [1.165, 1.54) is 5.56 Å². The minimum Gasteiger partial charge on any atom is -0.481 e. The summed E-state index contributed by atoms with van der Waals surface area (Å²) in [4.78, 5) is 11.4. The maximum atomic E-state index is 11.4. The van der Waals surface area contributed by atoms with Crippen LogP contribution in [0.25, 0.3) is 0 Å². The second-order valence-electron chi connectivity index (χ2n) is 6.06. The van der Waals surface area contributed by atoms with Crippen molar-refractivity contribution in [3.63, 3.8) is 0 Å². The largest absolute Gasteiger partial charge is 0.481 e. The van der Waals surface area contributed by atoms with Gasteiger partial charge in [0.15, 0.2) is 0 Å². The lowest BCUT2D eigenvalue weighted by Gasteiger charge is -2.38. The highest BCUT2D eigenvalue weighted by Crippen LogP contribution is 2.44. The molecule has 0 spiro atoms. The van der Waals surface area contributed by atoms with Crippen LogP contribution in [0, 0.1) is 0 Å². The van der Waals surface area contributed by atoms with Gasteiger partial charge in [0.2, 0.25) is 0 Å². The van der Waals surface area contributed by atoms with Crippen molar-refractivity contribution >= 4 is 5.97 Å². The van der Waals surface area contributed by atoms with Gasteiger partial charge in [0.25, 0.3) is 0 Å². The minimum absolute atomic E-state index is 0.161. The summed E-state index contributed by atoms with van der Waals surface area (Å²) in [6, 6.07) is 8.23. The van der Waals surface area contributed by atoms with Crippen LogP contribution in [-0.4, -0.2) is 11.1 Å². The maximum Gasteiger partial charge on any atom is 0.314 e. The third-order valence-corrected chi connectivity index (χ3v) is 4.72. The standard InChI is InChI=1S/C16H22O2/c1-4-15(2,3)12-6-8-13(9-7-12)16(14(17)18)10-5-11-16/h6-9H,4-5,10-11H2,1-3H3,(H,17,18). The van der Waals surface area contributed by atoms with E-state index in [-0.39, 0.29) is 5.41 Å². The lowest BCUT2D eigenvalue weighted by atomic mass is 9.64.